The predicted octanol–water partition coefficient (Wildman–Crippen LogP) is 2.50. The Balaban J connectivity index is 1.93. The molecule has 0 saturated carbocycles. The SMILES string of the molecule is NCCCCCCc1ccc2c(c1)C(=O)N(CCC(=O)O)CC(=O)N2Cc1ccccc1NC(=O)CCN. The Morgan fingerprint density at radius 3 is 2.45 bits per heavy atom. The maximum absolute atomic E-state index is 13.5. The van der Waals surface area contributed by atoms with E-state index in [9.17, 15) is 19.2 Å². The zero-order valence-electron chi connectivity index (χ0n) is 21.7. The van der Waals surface area contributed by atoms with E-state index in [2.05, 4.69) is 5.32 Å². The van der Waals surface area contributed by atoms with Crippen LogP contribution in [0.3, 0.4) is 0 Å². The smallest absolute Gasteiger partial charge is 0.305 e. The molecular formula is C28H37N5O5. The first-order valence-electron chi connectivity index (χ1n) is 13.1. The van der Waals surface area contributed by atoms with Crippen LogP contribution in [0.1, 0.15) is 60.0 Å². The summed E-state index contributed by atoms with van der Waals surface area (Å²) >= 11 is 0. The molecule has 0 bridgehead atoms. The first kappa shape index (κ1) is 28.8. The van der Waals surface area contributed by atoms with E-state index >= 15 is 0 Å². The molecule has 0 fully saturated rings. The number of hydrogen-bond acceptors (Lipinski definition) is 6. The van der Waals surface area contributed by atoms with Gasteiger partial charge in [0.15, 0.2) is 0 Å². The third kappa shape index (κ3) is 7.87. The maximum atomic E-state index is 13.5. The lowest BCUT2D eigenvalue weighted by Crippen LogP contribution is -2.40. The number of carboxylic acids is 1. The highest BCUT2D eigenvalue weighted by Crippen LogP contribution is 2.30. The Labute approximate surface area is 223 Å². The molecule has 10 nitrogen and oxygen atoms in total. The van der Waals surface area contributed by atoms with Gasteiger partial charge in [0, 0.05) is 25.2 Å². The number of unbranched alkanes of at least 4 members (excludes halogenated alkanes) is 3. The predicted molar refractivity (Wildman–Crippen MR) is 146 cm³/mol. The number of fused-ring (bicyclic) bond motifs is 1. The minimum absolute atomic E-state index is 0.0672. The van der Waals surface area contributed by atoms with E-state index in [1.54, 1.807) is 18.2 Å². The zero-order valence-corrected chi connectivity index (χ0v) is 21.7. The van der Waals surface area contributed by atoms with Gasteiger partial charge in [0.1, 0.15) is 6.54 Å². The monoisotopic (exact) mass is 523 g/mol. The second kappa shape index (κ2) is 14.3. The number of para-hydroxylation sites is 1. The van der Waals surface area contributed by atoms with Crippen LogP contribution in [0.2, 0.25) is 0 Å². The highest BCUT2D eigenvalue weighted by Gasteiger charge is 2.32. The van der Waals surface area contributed by atoms with Crippen LogP contribution in [0.15, 0.2) is 42.5 Å². The van der Waals surface area contributed by atoms with Crippen LogP contribution in [0.5, 0.6) is 0 Å². The van der Waals surface area contributed by atoms with Crippen molar-refractivity contribution in [3.05, 3.63) is 59.2 Å². The van der Waals surface area contributed by atoms with Crippen LogP contribution < -0.4 is 21.7 Å². The first-order valence-corrected chi connectivity index (χ1v) is 13.1. The average molecular weight is 524 g/mol. The lowest BCUT2D eigenvalue weighted by Gasteiger charge is -2.24. The van der Waals surface area contributed by atoms with Crippen LogP contribution in [-0.2, 0) is 27.3 Å². The summed E-state index contributed by atoms with van der Waals surface area (Å²) in [5, 5.41) is 12.0. The summed E-state index contributed by atoms with van der Waals surface area (Å²) < 4.78 is 0. The van der Waals surface area contributed by atoms with Gasteiger partial charge in [0.05, 0.1) is 24.2 Å². The van der Waals surface area contributed by atoms with Gasteiger partial charge in [-0.15, -0.1) is 0 Å². The van der Waals surface area contributed by atoms with Gasteiger partial charge in [-0.05, 0) is 55.1 Å². The number of aliphatic carboxylic acids is 1. The number of nitrogens with two attached hydrogens (primary N) is 2. The van der Waals surface area contributed by atoms with Crippen LogP contribution in [0, 0.1) is 0 Å². The van der Waals surface area contributed by atoms with Crippen molar-refractivity contribution < 1.29 is 24.3 Å². The van der Waals surface area contributed by atoms with Crippen molar-refractivity contribution in [2.24, 2.45) is 11.5 Å². The van der Waals surface area contributed by atoms with E-state index < -0.39 is 5.97 Å². The minimum atomic E-state index is -1.04. The normalized spacial score (nSPS) is 13.3. The standard InChI is InChI=1S/C28H37N5O5/c29-14-6-2-1-3-7-20-10-11-24-22(17-20)28(38)32(16-13-27(36)37)19-26(35)33(24)18-21-8-4-5-9-23(21)31-25(34)12-15-30/h4-5,8-11,17H,1-3,6-7,12-16,18-19,29-30H2,(H,31,34)(H,36,37). The number of anilines is 2. The molecule has 0 aromatic heterocycles. The maximum Gasteiger partial charge on any atom is 0.305 e. The Morgan fingerprint density at radius 2 is 1.71 bits per heavy atom. The van der Waals surface area contributed by atoms with Crippen molar-refractivity contribution >= 4 is 35.1 Å². The Bertz CT molecular complexity index is 1150. The summed E-state index contributed by atoms with van der Waals surface area (Å²) in [4.78, 5) is 53.2. The van der Waals surface area contributed by atoms with Crippen molar-refractivity contribution in [1.82, 2.24) is 4.90 Å². The fourth-order valence-electron chi connectivity index (χ4n) is 4.48. The Hall–Kier alpha value is -3.76. The Morgan fingerprint density at radius 1 is 0.947 bits per heavy atom. The lowest BCUT2D eigenvalue weighted by molar-refractivity contribution is -0.137. The fourth-order valence-corrected chi connectivity index (χ4v) is 4.48. The van der Waals surface area contributed by atoms with Gasteiger partial charge in [0.2, 0.25) is 11.8 Å². The van der Waals surface area contributed by atoms with Crippen molar-refractivity contribution in [2.75, 3.05) is 36.4 Å². The van der Waals surface area contributed by atoms with Crippen LogP contribution in [0.25, 0.3) is 0 Å². The molecule has 1 aliphatic rings. The van der Waals surface area contributed by atoms with Crippen LogP contribution in [0.4, 0.5) is 11.4 Å². The highest BCUT2D eigenvalue weighted by molar-refractivity contribution is 6.10. The third-order valence-corrected chi connectivity index (χ3v) is 6.50. The summed E-state index contributed by atoms with van der Waals surface area (Å²) in [5.74, 6) is -1.97. The van der Waals surface area contributed by atoms with E-state index in [1.807, 2.05) is 24.3 Å². The fraction of sp³-hybridized carbons (Fsp3) is 0.429. The molecule has 2 aromatic rings. The van der Waals surface area contributed by atoms with Gasteiger partial charge in [-0.1, -0.05) is 37.1 Å². The molecule has 2 aromatic carbocycles. The van der Waals surface area contributed by atoms with Gasteiger partial charge in [0.25, 0.3) is 5.91 Å². The molecule has 1 aliphatic heterocycles. The number of rotatable bonds is 14. The lowest BCUT2D eigenvalue weighted by atomic mass is 10.0. The van der Waals surface area contributed by atoms with Crippen LogP contribution >= 0.6 is 0 Å². The van der Waals surface area contributed by atoms with Crippen molar-refractivity contribution in [1.29, 1.82) is 0 Å². The number of nitrogens with one attached hydrogen (secondary N) is 1. The van der Waals surface area contributed by atoms with Gasteiger partial charge in [-0.2, -0.15) is 0 Å². The number of benzene rings is 2. The molecule has 0 unspecified atom stereocenters. The molecule has 3 amide bonds. The second-order valence-corrected chi connectivity index (χ2v) is 9.40. The van der Waals surface area contributed by atoms with E-state index in [-0.39, 0.29) is 56.7 Å². The first-order chi connectivity index (χ1) is 18.3. The van der Waals surface area contributed by atoms with E-state index in [1.165, 1.54) is 9.80 Å². The molecule has 0 saturated heterocycles. The third-order valence-electron chi connectivity index (χ3n) is 6.50. The Kier molecular flexibility index (Phi) is 10.8. The van der Waals surface area contributed by atoms with E-state index in [0.717, 1.165) is 37.7 Å². The number of carbonyl (C=O) groups excluding carboxylic acids is 3. The highest BCUT2D eigenvalue weighted by atomic mass is 16.4. The quantitative estimate of drug-likeness (QED) is 0.277. The summed E-state index contributed by atoms with van der Waals surface area (Å²) in [6.45, 7) is 0.710. The molecule has 0 aliphatic carbocycles. The zero-order chi connectivity index (χ0) is 27.5. The number of amides is 3. The van der Waals surface area contributed by atoms with Gasteiger partial charge >= 0.3 is 5.97 Å². The van der Waals surface area contributed by atoms with E-state index in [0.29, 0.717) is 29.0 Å². The summed E-state index contributed by atoms with van der Waals surface area (Å²) in [6.07, 6.45) is 4.70. The average Bonchev–Trinajstić information content (AvgIpc) is 2.98. The second-order valence-electron chi connectivity index (χ2n) is 9.40. The number of nitrogens with zero attached hydrogens (tertiary/aromatic N) is 2. The molecular weight excluding hydrogens is 486 g/mol. The van der Waals surface area contributed by atoms with Gasteiger partial charge < -0.3 is 31.7 Å². The van der Waals surface area contributed by atoms with E-state index in [4.69, 9.17) is 16.6 Å². The van der Waals surface area contributed by atoms with Gasteiger partial charge in [-0.25, -0.2) is 0 Å². The largest absolute Gasteiger partial charge is 0.481 e. The minimum Gasteiger partial charge on any atom is -0.481 e. The molecule has 0 spiro atoms. The van der Waals surface area contributed by atoms with Crippen molar-refractivity contribution in [3.63, 3.8) is 0 Å². The number of hydrogen-bond donors (Lipinski definition) is 4. The van der Waals surface area contributed by atoms with Crippen LogP contribution in [-0.4, -0.2) is 59.9 Å². The molecule has 0 atom stereocenters. The number of carbonyl (C=O) groups is 4. The molecule has 204 valence electrons. The number of aryl methyl sites for hydroxylation is 1. The van der Waals surface area contributed by atoms with Gasteiger partial charge in [-0.3, -0.25) is 19.2 Å². The molecule has 1 heterocycles. The molecule has 0 radical (unpaired) electrons. The molecule has 3 rings (SSSR count). The summed E-state index contributed by atoms with van der Waals surface area (Å²) in [5.41, 5.74) is 14.1. The summed E-state index contributed by atoms with van der Waals surface area (Å²) in [7, 11) is 0. The molecule has 38 heavy (non-hydrogen) atoms. The van der Waals surface area contributed by atoms with Crippen molar-refractivity contribution in [2.45, 2.75) is 51.5 Å². The molecule has 10 heteroatoms. The molecule has 6 N–H and O–H groups in total. The topological polar surface area (TPSA) is 159 Å². The van der Waals surface area contributed by atoms with Crippen molar-refractivity contribution in [3.8, 4) is 0 Å². The summed E-state index contributed by atoms with van der Waals surface area (Å²) in [6, 6.07) is 12.7. The number of carboxylic acid groups (broad SMARTS) is 1.